The van der Waals surface area contributed by atoms with Crippen molar-refractivity contribution >= 4 is 23.0 Å². The smallest absolute Gasteiger partial charge is 0.294 e. The fraction of sp³-hybridized carbons (Fsp3) is 0.312. The SMILES string of the molecule is O=C(Nc1ccc(N2CCCCC2)c([N+](=O)[O-])c1)c1ccco1. The average molecular weight is 315 g/mol. The van der Waals surface area contributed by atoms with Crippen molar-refractivity contribution in [2.24, 2.45) is 0 Å². The molecule has 1 saturated heterocycles. The second kappa shape index (κ2) is 6.51. The molecule has 2 heterocycles. The minimum Gasteiger partial charge on any atom is -0.459 e. The number of furan rings is 1. The first-order chi connectivity index (χ1) is 11.1. The molecule has 7 nitrogen and oxygen atoms in total. The van der Waals surface area contributed by atoms with Crippen molar-refractivity contribution < 1.29 is 14.1 Å². The van der Waals surface area contributed by atoms with Gasteiger partial charge in [-0.15, -0.1) is 0 Å². The number of nitrogens with one attached hydrogen (secondary N) is 1. The van der Waals surface area contributed by atoms with E-state index in [4.69, 9.17) is 4.42 Å². The molecule has 1 aromatic heterocycles. The highest BCUT2D eigenvalue weighted by molar-refractivity contribution is 6.02. The van der Waals surface area contributed by atoms with Gasteiger partial charge in [0.2, 0.25) is 0 Å². The molecule has 1 aliphatic heterocycles. The van der Waals surface area contributed by atoms with Crippen LogP contribution in [0, 0.1) is 10.1 Å². The van der Waals surface area contributed by atoms with Crippen molar-refractivity contribution in [3.05, 3.63) is 52.5 Å². The summed E-state index contributed by atoms with van der Waals surface area (Å²) in [5.41, 5.74) is 0.980. The highest BCUT2D eigenvalue weighted by Gasteiger charge is 2.22. The molecule has 3 rings (SSSR count). The molecule has 0 aliphatic carbocycles. The van der Waals surface area contributed by atoms with E-state index in [0.29, 0.717) is 11.4 Å². The summed E-state index contributed by atoms with van der Waals surface area (Å²) in [6.07, 6.45) is 4.63. The third kappa shape index (κ3) is 3.33. The summed E-state index contributed by atoms with van der Waals surface area (Å²) in [7, 11) is 0. The molecule has 0 spiro atoms. The Bertz CT molecular complexity index is 706. The Hall–Kier alpha value is -2.83. The van der Waals surface area contributed by atoms with E-state index in [-0.39, 0.29) is 11.4 Å². The first kappa shape index (κ1) is 15.1. The average Bonchev–Trinajstić information content (AvgIpc) is 3.10. The number of anilines is 2. The van der Waals surface area contributed by atoms with Crippen molar-refractivity contribution in [1.29, 1.82) is 0 Å². The number of nitrogens with zero attached hydrogens (tertiary/aromatic N) is 2. The van der Waals surface area contributed by atoms with Gasteiger partial charge in [0.15, 0.2) is 5.76 Å². The molecule has 1 fully saturated rings. The Labute approximate surface area is 133 Å². The fourth-order valence-corrected chi connectivity index (χ4v) is 2.75. The van der Waals surface area contributed by atoms with Crippen LogP contribution in [0.1, 0.15) is 29.8 Å². The minimum atomic E-state index is -0.435. The number of rotatable bonds is 4. The van der Waals surface area contributed by atoms with Crippen LogP contribution >= 0.6 is 0 Å². The van der Waals surface area contributed by atoms with Gasteiger partial charge in [0.1, 0.15) is 5.69 Å². The number of nitro benzene ring substituents is 1. The van der Waals surface area contributed by atoms with Crippen molar-refractivity contribution in [1.82, 2.24) is 0 Å². The van der Waals surface area contributed by atoms with Gasteiger partial charge >= 0.3 is 0 Å². The molecule has 7 heteroatoms. The van der Waals surface area contributed by atoms with Gasteiger partial charge in [0.05, 0.1) is 11.2 Å². The number of nitro groups is 1. The van der Waals surface area contributed by atoms with Crippen LogP contribution in [0.5, 0.6) is 0 Å². The van der Waals surface area contributed by atoms with Crippen LogP contribution in [0.2, 0.25) is 0 Å². The van der Waals surface area contributed by atoms with Crippen LogP contribution in [0.15, 0.2) is 41.0 Å². The molecule has 1 amide bonds. The normalized spacial score (nSPS) is 14.5. The lowest BCUT2D eigenvalue weighted by molar-refractivity contribution is -0.384. The van der Waals surface area contributed by atoms with Crippen molar-refractivity contribution in [3.63, 3.8) is 0 Å². The summed E-state index contributed by atoms with van der Waals surface area (Å²) in [6.45, 7) is 1.64. The van der Waals surface area contributed by atoms with Crippen molar-refractivity contribution in [3.8, 4) is 0 Å². The third-order valence-electron chi connectivity index (χ3n) is 3.87. The maximum absolute atomic E-state index is 12.0. The maximum Gasteiger partial charge on any atom is 0.294 e. The zero-order chi connectivity index (χ0) is 16.2. The number of piperidine rings is 1. The first-order valence-electron chi connectivity index (χ1n) is 7.53. The van der Waals surface area contributed by atoms with Crippen LogP contribution in [0.25, 0.3) is 0 Å². The molecule has 2 aromatic rings. The predicted octanol–water partition coefficient (Wildman–Crippen LogP) is 3.43. The summed E-state index contributed by atoms with van der Waals surface area (Å²) in [5.74, 6) is -0.275. The van der Waals surface area contributed by atoms with E-state index in [1.807, 2.05) is 4.90 Å². The Morgan fingerprint density at radius 1 is 1.22 bits per heavy atom. The van der Waals surface area contributed by atoms with Gasteiger partial charge in [-0.1, -0.05) is 0 Å². The molecule has 0 bridgehead atoms. The highest BCUT2D eigenvalue weighted by Crippen LogP contribution is 2.33. The summed E-state index contributed by atoms with van der Waals surface area (Å²) in [6, 6.07) is 7.91. The second-order valence-electron chi connectivity index (χ2n) is 5.44. The number of amides is 1. The molecule has 120 valence electrons. The van der Waals surface area contributed by atoms with E-state index in [2.05, 4.69) is 5.32 Å². The van der Waals surface area contributed by atoms with Gasteiger partial charge < -0.3 is 14.6 Å². The van der Waals surface area contributed by atoms with Gasteiger partial charge in [-0.25, -0.2) is 0 Å². The Morgan fingerprint density at radius 3 is 2.65 bits per heavy atom. The van der Waals surface area contributed by atoms with E-state index < -0.39 is 10.8 Å². The molecule has 1 aromatic carbocycles. The molecule has 1 aliphatic rings. The Balaban J connectivity index is 1.84. The lowest BCUT2D eigenvalue weighted by atomic mass is 10.1. The summed E-state index contributed by atoms with van der Waals surface area (Å²) in [4.78, 5) is 25.0. The van der Waals surface area contributed by atoms with Crippen LogP contribution in [-0.2, 0) is 0 Å². The number of hydrogen-bond donors (Lipinski definition) is 1. The quantitative estimate of drug-likeness (QED) is 0.689. The van der Waals surface area contributed by atoms with Crippen molar-refractivity contribution in [2.75, 3.05) is 23.3 Å². The lowest BCUT2D eigenvalue weighted by Gasteiger charge is -2.28. The van der Waals surface area contributed by atoms with Crippen LogP contribution < -0.4 is 10.2 Å². The largest absolute Gasteiger partial charge is 0.459 e. The van der Waals surface area contributed by atoms with E-state index in [1.165, 1.54) is 18.4 Å². The fourth-order valence-electron chi connectivity index (χ4n) is 2.75. The summed E-state index contributed by atoms with van der Waals surface area (Å²) in [5, 5.41) is 14.0. The van der Waals surface area contributed by atoms with Crippen LogP contribution in [0.3, 0.4) is 0 Å². The topological polar surface area (TPSA) is 88.6 Å². The zero-order valence-electron chi connectivity index (χ0n) is 12.5. The maximum atomic E-state index is 12.0. The monoisotopic (exact) mass is 315 g/mol. The first-order valence-corrected chi connectivity index (χ1v) is 7.53. The standard InChI is InChI=1S/C16H17N3O4/c20-16(15-5-4-10-23-15)17-12-6-7-13(14(11-12)19(21)22)18-8-2-1-3-9-18/h4-7,10-11H,1-3,8-9H2,(H,17,20). The van der Waals surface area contributed by atoms with Gasteiger partial charge in [-0.2, -0.15) is 0 Å². The number of benzene rings is 1. The van der Waals surface area contributed by atoms with Gasteiger partial charge in [-0.3, -0.25) is 14.9 Å². The third-order valence-corrected chi connectivity index (χ3v) is 3.87. The van der Waals surface area contributed by atoms with Crippen LogP contribution in [-0.4, -0.2) is 23.9 Å². The van der Waals surface area contributed by atoms with Gasteiger partial charge in [-0.05, 0) is 43.5 Å². The van der Waals surface area contributed by atoms with Gasteiger partial charge in [0, 0.05) is 24.8 Å². The number of hydrogen-bond acceptors (Lipinski definition) is 5. The van der Waals surface area contributed by atoms with Crippen molar-refractivity contribution in [2.45, 2.75) is 19.3 Å². The molecule has 1 N–H and O–H groups in total. The summed E-state index contributed by atoms with van der Waals surface area (Å²) < 4.78 is 5.01. The molecule has 23 heavy (non-hydrogen) atoms. The van der Waals surface area contributed by atoms with E-state index in [0.717, 1.165) is 32.4 Å². The molecule has 0 saturated carbocycles. The zero-order valence-corrected chi connectivity index (χ0v) is 12.5. The number of carbonyl (C=O) groups excluding carboxylic acids is 1. The molecular formula is C16H17N3O4. The number of carbonyl (C=O) groups is 1. The van der Waals surface area contributed by atoms with Crippen LogP contribution in [0.4, 0.5) is 17.1 Å². The molecule has 0 unspecified atom stereocenters. The summed E-state index contributed by atoms with van der Waals surface area (Å²) >= 11 is 0. The molecular weight excluding hydrogens is 298 g/mol. The lowest BCUT2D eigenvalue weighted by Crippen LogP contribution is -2.30. The predicted molar refractivity (Wildman–Crippen MR) is 85.8 cm³/mol. The highest BCUT2D eigenvalue weighted by atomic mass is 16.6. The van der Waals surface area contributed by atoms with E-state index in [9.17, 15) is 14.9 Å². The molecule has 0 radical (unpaired) electrons. The van der Waals surface area contributed by atoms with Gasteiger partial charge in [0.25, 0.3) is 11.6 Å². The van der Waals surface area contributed by atoms with E-state index in [1.54, 1.807) is 18.2 Å². The van der Waals surface area contributed by atoms with E-state index >= 15 is 0 Å². The molecule has 0 atom stereocenters. The Kier molecular flexibility index (Phi) is 4.27. The second-order valence-corrected chi connectivity index (χ2v) is 5.44. The Morgan fingerprint density at radius 2 is 2.00 bits per heavy atom. The minimum absolute atomic E-state index is 0.00384.